The minimum atomic E-state index is 0.473. The molecule has 2 heterocycles. The number of aromatic amines is 1. The number of para-hydroxylation sites is 1. The topological polar surface area (TPSA) is 73.9 Å². The zero-order valence-corrected chi connectivity index (χ0v) is 16.4. The molecule has 4 aromatic rings. The van der Waals surface area contributed by atoms with Crippen LogP contribution in [-0.4, -0.2) is 53.3 Å². The number of hydrogen-bond donors (Lipinski definition) is 2. The maximum atomic E-state index is 11.8. The van der Waals surface area contributed by atoms with Crippen molar-refractivity contribution in [2.75, 3.05) is 32.5 Å². The number of benzene rings is 2. The minimum Gasteiger partial charge on any atom is -0.368 e. The molecule has 2 aromatic heterocycles. The Morgan fingerprint density at radius 3 is 2.75 bits per heavy atom. The Bertz CT molecular complexity index is 1170. The third-order valence-corrected chi connectivity index (χ3v) is 4.83. The van der Waals surface area contributed by atoms with Crippen LogP contribution in [-0.2, 0) is 0 Å². The van der Waals surface area contributed by atoms with Gasteiger partial charge in [0.1, 0.15) is 5.82 Å². The van der Waals surface area contributed by atoms with E-state index in [0.717, 1.165) is 47.0 Å². The molecule has 142 valence electrons. The molecule has 0 aliphatic rings. The van der Waals surface area contributed by atoms with Gasteiger partial charge in [0.15, 0.2) is 12.1 Å². The van der Waals surface area contributed by atoms with Gasteiger partial charge >= 0.3 is 0 Å². The lowest BCUT2D eigenvalue weighted by atomic mass is 10.1. The molecular formula is C21H20ClN5O. The summed E-state index contributed by atoms with van der Waals surface area (Å²) in [6, 6.07) is 13.2. The van der Waals surface area contributed by atoms with Gasteiger partial charge in [-0.05, 0) is 44.4 Å². The molecule has 0 atom stereocenters. The third-order valence-electron chi connectivity index (χ3n) is 4.60. The number of carbonyl (C=O) groups is 1. The number of rotatable bonds is 6. The maximum Gasteiger partial charge on any atom is 0.179 e. The van der Waals surface area contributed by atoms with E-state index in [1.807, 2.05) is 44.4 Å². The van der Waals surface area contributed by atoms with Gasteiger partial charge in [-0.15, -0.1) is 0 Å². The molecule has 0 fully saturated rings. The van der Waals surface area contributed by atoms with Crippen LogP contribution in [0.1, 0.15) is 10.4 Å². The summed E-state index contributed by atoms with van der Waals surface area (Å²) in [5.74, 6) is 1.22. The number of halogens is 1. The largest absolute Gasteiger partial charge is 0.368 e. The van der Waals surface area contributed by atoms with E-state index in [0.29, 0.717) is 22.1 Å². The van der Waals surface area contributed by atoms with Crippen molar-refractivity contribution < 1.29 is 4.79 Å². The summed E-state index contributed by atoms with van der Waals surface area (Å²) in [7, 11) is 4.05. The molecule has 0 spiro atoms. The maximum absolute atomic E-state index is 11.8. The van der Waals surface area contributed by atoms with Gasteiger partial charge in [-0.25, -0.2) is 9.97 Å². The van der Waals surface area contributed by atoms with Crippen LogP contribution in [0.4, 0.5) is 5.82 Å². The van der Waals surface area contributed by atoms with Gasteiger partial charge in [0.05, 0.1) is 16.8 Å². The van der Waals surface area contributed by atoms with Crippen LogP contribution in [0.3, 0.4) is 0 Å². The molecule has 0 amide bonds. The number of carbonyl (C=O) groups excluding carboxylic acids is 1. The van der Waals surface area contributed by atoms with Crippen molar-refractivity contribution in [2.45, 2.75) is 0 Å². The molecule has 28 heavy (non-hydrogen) atoms. The molecule has 2 aromatic carbocycles. The number of likely N-dealkylation sites (N-methyl/N-ethyl adjacent to an activating group) is 1. The minimum absolute atomic E-state index is 0.473. The van der Waals surface area contributed by atoms with Crippen LogP contribution in [0.25, 0.3) is 33.3 Å². The van der Waals surface area contributed by atoms with Crippen LogP contribution in [0.15, 0.2) is 42.5 Å². The summed E-state index contributed by atoms with van der Waals surface area (Å²) in [6.45, 7) is 1.62. The van der Waals surface area contributed by atoms with Crippen molar-refractivity contribution in [2.24, 2.45) is 0 Å². The Morgan fingerprint density at radius 2 is 1.96 bits per heavy atom. The molecule has 0 saturated heterocycles. The van der Waals surface area contributed by atoms with Gasteiger partial charge in [0, 0.05) is 34.4 Å². The molecule has 4 rings (SSSR count). The SMILES string of the molecule is CN(C)CCNc1nc(-c2[nH]c3ccc(Cl)cc3c2C=O)nc2ccccc12. The van der Waals surface area contributed by atoms with Crippen molar-refractivity contribution >= 4 is 45.5 Å². The zero-order valence-electron chi connectivity index (χ0n) is 15.7. The number of aromatic nitrogens is 3. The summed E-state index contributed by atoms with van der Waals surface area (Å²) < 4.78 is 0. The van der Waals surface area contributed by atoms with Crippen molar-refractivity contribution in [3.8, 4) is 11.5 Å². The number of H-pyrrole nitrogens is 1. The lowest BCUT2D eigenvalue weighted by molar-refractivity contribution is 0.112. The first-order valence-electron chi connectivity index (χ1n) is 8.99. The van der Waals surface area contributed by atoms with E-state index < -0.39 is 0 Å². The van der Waals surface area contributed by atoms with Crippen LogP contribution in [0, 0.1) is 0 Å². The lowest BCUT2D eigenvalue weighted by Gasteiger charge is -2.13. The summed E-state index contributed by atoms with van der Waals surface area (Å²) >= 11 is 6.11. The highest BCUT2D eigenvalue weighted by Gasteiger charge is 2.17. The van der Waals surface area contributed by atoms with Gasteiger partial charge in [-0.3, -0.25) is 4.79 Å². The fourth-order valence-electron chi connectivity index (χ4n) is 3.20. The molecule has 6 nitrogen and oxygen atoms in total. The summed E-state index contributed by atoms with van der Waals surface area (Å²) in [5.41, 5.74) is 2.73. The van der Waals surface area contributed by atoms with E-state index in [4.69, 9.17) is 21.6 Å². The first-order chi connectivity index (χ1) is 13.6. The Kier molecular flexibility index (Phi) is 4.98. The molecule has 2 N–H and O–H groups in total. The third kappa shape index (κ3) is 3.44. The van der Waals surface area contributed by atoms with Crippen LogP contribution >= 0.6 is 11.6 Å². The van der Waals surface area contributed by atoms with E-state index in [-0.39, 0.29) is 0 Å². The average molecular weight is 394 g/mol. The Morgan fingerprint density at radius 1 is 1.14 bits per heavy atom. The standard InChI is InChI=1S/C21H20ClN5O/c1-27(2)10-9-23-20-14-5-3-4-6-17(14)25-21(26-20)19-16(12-28)15-11-13(22)7-8-18(15)24-19/h3-8,11-12,24H,9-10H2,1-2H3,(H,23,25,26). The lowest BCUT2D eigenvalue weighted by Crippen LogP contribution is -2.21. The molecule has 0 aliphatic heterocycles. The quantitative estimate of drug-likeness (QED) is 0.480. The second kappa shape index (κ2) is 7.58. The predicted octanol–water partition coefficient (Wildman–Crippen LogP) is 4.22. The predicted molar refractivity (Wildman–Crippen MR) is 114 cm³/mol. The number of fused-ring (bicyclic) bond motifs is 2. The number of hydrogen-bond acceptors (Lipinski definition) is 5. The fraction of sp³-hybridized carbons (Fsp3) is 0.190. The van der Waals surface area contributed by atoms with Crippen molar-refractivity contribution in [1.29, 1.82) is 0 Å². The monoisotopic (exact) mass is 393 g/mol. The second-order valence-corrected chi connectivity index (χ2v) is 7.30. The molecule has 0 unspecified atom stereocenters. The van der Waals surface area contributed by atoms with E-state index in [9.17, 15) is 4.79 Å². The van der Waals surface area contributed by atoms with Crippen LogP contribution < -0.4 is 5.32 Å². The zero-order chi connectivity index (χ0) is 19.7. The first-order valence-corrected chi connectivity index (χ1v) is 9.37. The number of anilines is 1. The van der Waals surface area contributed by atoms with E-state index >= 15 is 0 Å². The molecule has 0 aliphatic carbocycles. The number of aldehydes is 1. The first kappa shape index (κ1) is 18.4. The van der Waals surface area contributed by atoms with Crippen molar-refractivity contribution in [3.05, 3.63) is 53.1 Å². The highest BCUT2D eigenvalue weighted by Crippen LogP contribution is 2.31. The summed E-state index contributed by atoms with van der Waals surface area (Å²) in [6.07, 6.45) is 0.822. The van der Waals surface area contributed by atoms with Crippen LogP contribution in [0.2, 0.25) is 5.02 Å². The summed E-state index contributed by atoms with van der Waals surface area (Å²) in [4.78, 5) is 26.6. The number of nitrogens with one attached hydrogen (secondary N) is 2. The average Bonchev–Trinajstić information content (AvgIpc) is 3.05. The second-order valence-electron chi connectivity index (χ2n) is 6.86. The molecular weight excluding hydrogens is 374 g/mol. The van der Waals surface area contributed by atoms with E-state index in [2.05, 4.69) is 15.2 Å². The van der Waals surface area contributed by atoms with Crippen molar-refractivity contribution in [1.82, 2.24) is 19.9 Å². The molecule has 0 radical (unpaired) electrons. The smallest absolute Gasteiger partial charge is 0.179 e. The van der Waals surface area contributed by atoms with Gasteiger partial charge < -0.3 is 15.2 Å². The molecule has 0 saturated carbocycles. The van der Waals surface area contributed by atoms with E-state index in [1.165, 1.54) is 0 Å². The van der Waals surface area contributed by atoms with Gasteiger partial charge in [-0.2, -0.15) is 0 Å². The van der Waals surface area contributed by atoms with Gasteiger partial charge in [0.2, 0.25) is 0 Å². The van der Waals surface area contributed by atoms with E-state index in [1.54, 1.807) is 12.1 Å². The van der Waals surface area contributed by atoms with Crippen molar-refractivity contribution in [3.63, 3.8) is 0 Å². The molecule has 7 heteroatoms. The van der Waals surface area contributed by atoms with Gasteiger partial charge in [0.25, 0.3) is 0 Å². The Hall–Kier alpha value is -2.96. The van der Waals surface area contributed by atoms with Gasteiger partial charge in [-0.1, -0.05) is 23.7 Å². The number of nitrogens with zero attached hydrogens (tertiary/aromatic N) is 3. The fourth-order valence-corrected chi connectivity index (χ4v) is 3.38. The molecule has 0 bridgehead atoms. The highest BCUT2D eigenvalue weighted by molar-refractivity contribution is 6.31. The Balaban J connectivity index is 1.87. The normalized spacial score (nSPS) is 11.4. The van der Waals surface area contributed by atoms with Crippen LogP contribution in [0.5, 0.6) is 0 Å². The Labute approximate surface area is 167 Å². The highest BCUT2D eigenvalue weighted by atomic mass is 35.5. The summed E-state index contributed by atoms with van der Waals surface area (Å²) in [5, 5.41) is 5.67.